The molecule has 0 amide bonds. The van der Waals surface area contributed by atoms with Crippen molar-refractivity contribution in [3.63, 3.8) is 0 Å². The minimum atomic E-state index is 0.485. The molecule has 2 N–H and O–H groups in total. The highest BCUT2D eigenvalue weighted by molar-refractivity contribution is 6.31. The monoisotopic (exact) mass is 294 g/mol. The average molecular weight is 295 g/mol. The Morgan fingerprint density at radius 2 is 1.79 bits per heavy atom. The SMILES string of the molecule is CN(Cc1ccccc1Cl)c1cc(Cl)ccc1CN. The van der Waals surface area contributed by atoms with Crippen LogP contribution in [0.1, 0.15) is 11.1 Å². The third-order valence-electron chi connectivity index (χ3n) is 3.04. The van der Waals surface area contributed by atoms with Crippen molar-refractivity contribution < 1.29 is 0 Å². The van der Waals surface area contributed by atoms with Crippen LogP contribution in [0.3, 0.4) is 0 Å². The summed E-state index contributed by atoms with van der Waals surface area (Å²) in [6.07, 6.45) is 0. The topological polar surface area (TPSA) is 29.3 Å². The Hall–Kier alpha value is -1.22. The van der Waals surface area contributed by atoms with Crippen LogP contribution >= 0.6 is 23.2 Å². The van der Waals surface area contributed by atoms with E-state index in [2.05, 4.69) is 4.90 Å². The molecule has 2 aromatic carbocycles. The summed E-state index contributed by atoms with van der Waals surface area (Å²) in [5.74, 6) is 0. The maximum atomic E-state index is 6.18. The molecule has 0 saturated carbocycles. The summed E-state index contributed by atoms with van der Waals surface area (Å²) in [4.78, 5) is 2.11. The van der Waals surface area contributed by atoms with Gasteiger partial charge in [-0.1, -0.05) is 47.5 Å². The van der Waals surface area contributed by atoms with Crippen molar-refractivity contribution >= 4 is 28.9 Å². The number of nitrogens with zero attached hydrogens (tertiary/aromatic N) is 1. The number of benzene rings is 2. The zero-order chi connectivity index (χ0) is 13.8. The predicted molar refractivity (Wildman–Crippen MR) is 82.9 cm³/mol. The molecule has 2 rings (SSSR count). The first kappa shape index (κ1) is 14.2. The second-order valence-electron chi connectivity index (χ2n) is 4.42. The summed E-state index contributed by atoms with van der Waals surface area (Å²) in [6, 6.07) is 13.6. The van der Waals surface area contributed by atoms with Gasteiger partial charge in [-0.15, -0.1) is 0 Å². The molecule has 0 aliphatic rings. The maximum Gasteiger partial charge on any atom is 0.0455 e. The number of rotatable bonds is 4. The van der Waals surface area contributed by atoms with Crippen LogP contribution in [0.25, 0.3) is 0 Å². The van der Waals surface area contributed by atoms with Crippen LogP contribution in [0.5, 0.6) is 0 Å². The zero-order valence-electron chi connectivity index (χ0n) is 10.7. The third kappa shape index (κ3) is 3.41. The van der Waals surface area contributed by atoms with Gasteiger partial charge in [0.05, 0.1) is 0 Å². The lowest BCUT2D eigenvalue weighted by molar-refractivity contribution is 0.904. The third-order valence-corrected chi connectivity index (χ3v) is 3.65. The van der Waals surface area contributed by atoms with Gasteiger partial charge in [-0.25, -0.2) is 0 Å². The number of hydrogen-bond acceptors (Lipinski definition) is 2. The highest BCUT2D eigenvalue weighted by atomic mass is 35.5. The Bertz CT molecular complexity index is 570. The highest BCUT2D eigenvalue weighted by Crippen LogP contribution is 2.26. The van der Waals surface area contributed by atoms with Gasteiger partial charge >= 0.3 is 0 Å². The van der Waals surface area contributed by atoms with Crippen LogP contribution in [0.15, 0.2) is 42.5 Å². The molecule has 0 atom stereocenters. The van der Waals surface area contributed by atoms with Gasteiger partial charge in [-0.2, -0.15) is 0 Å². The van der Waals surface area contributed by atoms with E-state index in [0.717, 1.165) is 21.8 Å². The Balaban J connectivity index is 2.27. The largest absolute Gasteiger partial charge is 0.370 e. The number of hydrogen-bond donors (Lipinski definition) is 1. The van der Waals surface area contributed by atoms with Crippen molar-refractivity contribution in [2.24, 2.45) is 5.73 Å². The second kappa shape index (κ2) is 6.29. The molecule has 100 valence electrons. The molecule has 0 bridgehead atoms. The Labute approximate surface area is 123 Å². The van der Waals surface area contributed by atoms with E-state index in [1.165, 1.54) is 0 Å². The van der Waals surface area contributed by atoms with E-state index in [0.29, 0.717) is 18.1 Å². The van der Waals surface area contributed by atoms with Crippen LogP contribution in [-0.4, -0.2) is 7.05 Å². The van der Waals surface area contributed by atoms with Crippen molar-refractivity contribution in [2.45, 2.75) is 13.1 Å². The fraction of sp³-hybridized carbons (Fsp3) is 0.200. The van der Waals surface area contributed by atoms with Crippen molar-refractivity contribution in [2.75, 3.05) is 11.9 Å². The molecule has 0 heterocycles. The van der Waals surface area contributed by atoms with E-state index in [-0.39, 0.29) is 0 Å². The lowest BCUT2D eigenvalue weighted by Gasteiger charge is -2.23. The molecule has 0 aliphatic heterocycles. The smallest absolute Gasteiger partial charge is 0.0455 e. The first-order valence-electron chi connectivity index (χ1n) is 6.05. The van der Waals surface area contributed by atoms with Crippen LogP contribution < -0.4 is 10.6 Å². The molecule has 0 aromatic heterocycles. The highest BCUT2D eigenvalue weighted by Gasteiger charge is 2.09. The molecule has 19 heavy (non-hydrogen) atoms. The summed E-state index contributed by atoms with van der Waals surface area (Å²) in [5, 5.41) is 1.48. The normalized spacial score (nSPS) is 10.5. The molecule has 0 spiro atoms. The summed E-state index contributed by atoms with van der Waals surface area (Å²) in [7, 11) is 2.01. The molecule has 0 fully saturated rings. The van der Waals surface area contributed by atoms with Crippen LogP contribution in [0.4, 0.5) is 5.69 Å². The fourth-order valence-corrected chi connectivity index (χ4v) is 2.39. The van der Waals surface area contributed by atoms with E-state index in [1.807, 2.05) is 49.5 Å². The van der Waals surface area contributed by atoms with Gasteiger partial charge in [-0.05, 0) is 29.3 Å². The van der Waals surface area contributed by atoms with Gasteiger partial charge in [0, 0.05) is 35.9 Å². The first-order valence-corrected chi connectivity index (χ1v) is 6.80. The van der Waals surface area contributed by atoms with Crippen LogP contribution in [0, 0.1) is 0 Å². The van der Waals surface area contributed by atoms with Gasteiger partial charge in [-0.3, -0.25) is 0 Å². The predicted octanol–water partition coefficient (Wildman–Crippen LogP) is 4.09. The summed E-state index contributed by atoms with van der Waals surface area (Å²) >= 11 is 12.2. The number of halogens is 2. The first-order chi connectivity index (χ1) is 9.11. The van der Waals surface area contributed by atoms with Crippen molar-refractivity contribution in [3.8, 4) is 0 Å². The van der Waals surface area contributed by atoms with Crippen LogP contribution in [-0.2, 0) is 13.1 Å². The van der Waals surface area contributed by atoms with Crippen molar-refractivity contribution in [3.05, 3.63) is 63.6 Å². The summed E-state index contributed by atoms with van der Waals surface area (Å²) < 4.78 is 0. The van der Waals surface area contributed by atoms with E-state index >= 15 is 0 Å². The fourth-order valence-electron chi connectivity index (χ4n) is 2.03. The van der Waals surface area contributed by atoms with E-state index in [1.54, 1.807) is 0 Å². The van der Waals surface area contributed by atoms with Crippen LogP contribution in [0.2, 0.25) is 10.0 Å². The minimum absolute atomic E-state index is 0.485. The molecular weight excluding hydrogens is 279 g/mol. The van der Waals surface area contributed by atoms with Gasteiger partial charge in [0.1, 0.15) is 0 Å². The minimum Gasteiger partial charge on any atom is -0.370 e. The molecule has 0 saturated heterocycles. The molecule has 2 aromatic rings. The summed E-state index contributed by atoms with van der Waals surface area (Å²) in [5.41, 5.74) is 8.95. The Kier molecular flexibility index (Phi) is 4.70. The van der Waals surface area contributed by atoms with Gasteiger partial charge in [0.15, 0.2) is 0 Å². The van der Waals surface area contributed by atoms with Crippen molar-refractivity contribution in [1.82, 2.24) is 0 Å². The lowest BCUT2D eigenvalue weighted by atomic mass is 10.1. The molecule has 0 unspecified atom stereocenters. The molecular formula is C15H16Cl2N2. The molecule has 4 heteroatoms. The van der Waals surface area contributed by atoms with Gasteiger partial charge in [0.25, 0.3) is 0 Å². The van der Waals surface area contributed by atoms with E-state index in [4.69, 9.17) is 28.9 Å². The molecule has 2 nitrogen and oxygen atoms in total. The second-order valence-corrected chi connectivity index (χ2v) is 5.27. The van der Waals surface area contributed by atoms with Crippen molar-refractivity contribution in [1.29, 1.82) is 0 Å². The standard InChI is InChI=1S/C15H16Cl2N2/c1-19(10-12-4-2-3-5-14(12)17)15-8-13(16)7-6-11(15)9-18/h2-8H,9-10,18H2,1H3. The molecule has 0 radical (unpaired) electrons. The Morgan fingerprint density at radius 1 is 1.05 bits per heavy atom. The van der Waals surface area contributed by atoms with E-state index in [9.17, 15) is 0 Å². The summed E-state index contributed by atoms with van der Waals surface area (Å²) in [6.45, 7) is 1.20. The number of nitrogens with two attached hydrogens (primary N) is 1. The number of anilines is 1. The van der Waals surface area contributed by atoms with E-state index < -0.39 is 0 Å². The zero-order valence-corrected chi connectivity index (χ0v) is 12.2. The average Bonchev–Trinajstić information content (AvgIpc) is 2.41. The Morgan fingerprint density at radius 3 is 2.47 bits per heavy atom. The van der Waals surface area contributed by atoms with Gasteiger partial charge < -0.3 is 10.6 Å². The molecule has 0 aliphatic carbocycles. The quantitative estimate of drug-likeness (QED) is 0.920. The lowest BCUT2D eigenvalue weighted by Crippen LogP contribution is -2.19. The van der Waals surface area contributed by atoms with Gasteiger partial charge in [0.2, 0.25) is 0 Å². The maximum absolute atomic E-state index is 6.18.